The minimum atomic E-state index is -3.98. The fourth-order valence-electron chi connectivity index (χ4n) is 3.01. The van der Waals surface area contributed by atoms with Gasteiger partial charge in [0.05, 0.1) is 6.54 Å². The number of hydrogen-bond acceptors (Lipinski definition) is 1. The lowest BCUT2D eigenvalue weighted by Crippen LogP contribution is -2.42. The fourth-order valence-corrected chi connectivity index (χ4v) is 3.01. The van der Waals surface area contributed by atoms with E-state index < -0.39 is 18.9 Å². The maximum atomic E-state index is 13.2. The second-order valence-corrected chi connectivity index (χ2v) is 5.73. The topological polar surface area (TPSA) is 12.0 Å². The second kappa shape index (κ2) is 7.25. The number of hydrogen-bond donors (Lipinski definition) is 1. The molecule has 1 saturated carbocycles. The van der Waals surface area contributed by atoms with Crippen LogP contribution in [-0.4, -0.2) is 18.9 Å². The lowest BCUT2D eigenvalue weighted by molar-refractivity contribution is -0.127. The van der Waals surface area contributed by atoms with Crippen molar-refractivity contribution in [2.24, 2.45) is 5.92 Å². The summed E-state index contributed by atoms with van der Waals surface area (Å²) in [4.78, 5) is 0. The van der Waals surface area contributed by atoms with Gasteiger partial charge in [-0.2, -0.15) is 8.78 Å². The second-order valence-electron chi connectivity index (χ2n) is 5.73. The predicted octanol–water partition coefficient (Wildman–Crippen LogP) is 4.80. The summed E-state index contributed by atoms with van der Waals surface area (Å²) in [5, 5.41) is 2.70. The van der Waals surface area contributed by atoms with Crippen molar-refractivity contribution in [1.82, 2.24) is 5.32 Å². The zero-order valence-electron chi connectivity index (χ0n) is 11.9. The quantitative estimate of drug-likeness (QED) is 0.744. The first-order chi connectivity index (χ1) is 10.0. The van der Waals surface area contributed by atoms with Crippen LogP contribution in [0.25, 0.3) is 0 Å². The van der Waals surface area contributed by atoms with Gasteiger partial charge >= 0.3 is 12.3 Å². The molecule has 0 spiro atoms. The summed E-state index contributed by atoms with van der Waals surface area (Å²) in [5.41, 5.74) is 0.898. The minimum Gasteiger partial charge on any atom is -0.304 e. The number of alkyl halides is 4. The van der Waals surface area contributed by atoms with Crippen LogP contribution >= 0.6 is 0 Å². The Morgan fingerprint density at radius 3 is 2.24 bits per heavy atom. The zero-order valence-corrected chi connectivity index (χ0v) is 11.9. The van der Waals surface area contributed by atoms with Gasteiger partial charge in [0.2, 0.25) is 0 Å². The molecular formula is C16H21F4N. The molecule has 1 unspecified atom stereocenters. The maximum Gasteiger partial charge on any atom is 0.319 e. The van der Waals surface area contributed by atoms with Gasteiger partial charge in [0.15, 0.2) is 0 Å². The standard InChI is InChI=1S/C16H21F4N/c17-15(18)16(19,20)11-21-14(12-7-3-1-4-8-12)13-9-5-2-6-10-13/h1,3-4,7-8,13-15,21H,2,5-6,9-11H2. The summed E-state index contributed by atoms with van der Waals surface area (Å²) in [6.07, 6.45) is 1.57. The molecule has 21 heavy (non-hydrogen) atoms. The van der Waals surface area contributed by atoms with E-state index in [1.807, 2.05) is 30.3 Å². The average Bonchev–Trinajstić information content (AvgIpc) is 2.49. The third kappa shape index (κ3) is 4.43. The first-order valence-corrected chi connectivity index (χ1v) is 7.45. The van der Waals surface area contributed by atoms with E-state index in [9.17, 15) is 17.6 Å². The van der Waals surface area contributed by atoms with Gasteiger partial charge in [0.25, 0.3) is 0 Å². The van der Waals surface area contributed by atoms with E-state index in [-0.39, 0.29) is 12.0 Å². The Balaban J connectivity index is 2.09. The first kappa shape index (κ1) is 16.3. The summed E-state index contributed by atoms with van der Waals surface area (Å²) in [7, 11) is 0. The molecule has 0 aliphatic heterocycles. The van der Waals surface area contributed by atoms with E-state index in [2.05, 4.69) is 5.32 Å². The summed E-state index contributed by atoms with van der Waals surface area (Å²) in [6, 6.07) is 9.00. The van der Waals surface area contributed by atoms with Crippen molar-refractivity contribution in [3.8, 4) is 0 Å². The molecule has 0 saturated heterocycles. The highest BCUT2D eigenvalue weighted by molar-refractivity contribution is 5.20. The average molecular weight is 303 g/mol. The Labute approximate surface area is 122 Å². The van der Waals surface area contributed by atoms with E-state index in [0.29, 0.717) is 0 Å². The molecule has 5 heteroatoms. The molecule has 2 rings (SSSR count). The molecular weight excluding hydrogens is 282 g/mol. The van der Waals surface area contributed by atoms with Gasteiger partial charge in [-0.3, -0.25) is 0 Å². The van der Waals surface area contributed by atoms with Crippen LogP contribution in [0.3, 0.4) is 0 Å². The van der Waals surface area contributed by atoms with Crippen molar-refractivity contribution in [2.75, 3.05) is 6.54 Å². The summed E-state index contributed by atoms with van der Waals surface area (Å²) < 4.78 is 51.0. The predicted molar refractivity (Wildman–Crippen MR) is 74.7 cm³/mol. The minimum absolute atomic E-state index is 0.231. The molecule has 1 atom stereocenters. The highest BCUT2D eigenvalue weighted by Gasteiger charge is 2.41. The number of benzene rings is 1. The van der Waals surface area contributed by atoms with Crippen LogP contribution in [0.5, 0.6) is 0 Å². The molecule has 0 amide bonds. The van der Waals surface area contributed by atoms with E-state index >= 15 is 0 Å². The molecule has 1 nitrogen and oxygen atoms in total. The molecule has 1 aromatic carbocycles. The molecule has 0 bridgehead atoms. The number of rotatable bonds is 6. The van der Waals surface area contributed by atoms with Gasteiger partial charge in [-0.25, -0.2) is 8.78 Å². The highest BCUT2D eigenvalue weighted by atomic mass is 19.3. The normalized spacial score (nSPS) is 18.9. The Kier molecular flexibility index (Phi) is 5.62. The van der Waals surface area contributed by atoms with Crippen LogP contribution in [0.4, 0.5) is 17.6 Å². The van der Waals surface area contributed by atoms with Crippen molar-refractivity contribution in [3.63, 3.8) is 0 Å². The van der Waals surface area contributed by atoms with E-state index in [4.69, 9.17) is 0 Å². The molecule has 1 N–H and O–H groups in total. The van der Waals surface area contributed by atoms with Crippen LogP contribution in [-0.2, 0) is 0 Å². The summed E-state index contributed by atoms with van der Waals surface area (Å²) in [6.45, 7) is -0.985. The van der Waals surface area contributed by atoms with Crippen molar-refractivity contribution >= 4 is 0 Å². The fraction of sp³-hybridized carbons (Fsp3) is 0.625. The van der Waals surface area contributed by atoms with Crippen LogP contribution in [0, 0.1) is 5.92 Å². The largest absolute Gasteiger partial charge is 0.319 e. The van der Waals surface area contributed by atoms with Crippen LogP contribution < -0.4 is 5.32 Å². The van der Waals surface area contributed by atoms with E-state index in [1.54, 1.807) is 0 Å². The van der Waals surface area contributed by atoms with Crippen LogP contribution in [0.15, 0.2) is 30.3 Å². The van der Waals surface area contributed by atoms with Crippen molar-refractivity contribution in [2.45, 2.75) is 50.5 Å². The Hall–Kier alpha value is -1.10. The maximum absolute atomic E-state index is 13.2. The van der Waals surface area contributed by atoms with Crippen molar-refractivity contribution < 1.29 is 17.6 Å². The molecule has 0 aromatic heterocycles. The van der Waals surface area contributed by atoms with Gasteiger partial charge in [-0.05, 0) is 24.3 Å². The molecule has 1 aromatic rings. The summed E-state index contributed by atoms with van der Waals surface area (Å²) in [5.74, 6) is -3.75. The van der Waals surface area contributed by atoms with E-state index in [0.717, 1.165) is 37.7 Å². The van der Waals surface area contributed by atoms with E-state index in [1.165, 1.54) is 0 Å². The van der Waals surface area contributed by atoms with Crippen LogP contribution in [0.1, 0.15) is 43.7 Å². The van der Waals surface area contributed by atoms with Gasteiger partial charge in [0.1, 0.15) is 0 Å². The van der Waals surface area contributed by atoms with Crippen molar-refractivity contribution in [1.29, 1.82) is 0 Å². The molecule has 1 aliphatic carbocycles. The van der Waals surface area contributed by atoms with Crippen LogP contribution in [0.2, 0.25) is 0 Å². The zero-order chi connectivity index (χ0) is 15.3. The van der Waals surface area contributed by atoms with Gasteiger partial charge in [-0.15, -0.1) is 0 Å². The molecule has 1 aliphatic rings. The number of nitrogens with one attached hydrogen (secondary N) is 1. The lowest BCUT2D eigenvalue weighted by Gasteiger charge is -2.32. The lowest BCUT2D eigenvalue weighted by atomic mass is 9.81. The number of halogens is 4. The highest BCUT2D eigenvalue weighted by Crippen LogP contribution is 2.35. The molecule has 0 radical (unpaired) electrons. The smallest absolute Gasteiger partial charge is 0.304 e. The Bertz CT molecular complexity index is 416. The molecule has 0 heterocycles. The van der Waals surface area contributed by atoms with Gasteiger partial charge < -0.3 is 5.32 Å². The third-order valence-corrected chi connectivity index (χ3v) is 4.16. The summed E-state index contributed by atoms with van der Waals surface area (Å²) >= 11 is 0. The monoisotopic (exact) mass is 303 g/mol. The first-order valence-electron chi connectivity index (χ1n) is 7.45. The molecule has 1 fully saturated rings. The SMILES string of the molecule is FC(F)C(F)(F)CNC(c1ccccc1)C1CCCCC1. The van der Waals surface area contributed by atoms with Gasteiger partial charge in [-0.1, -0.05) is 49.6 Å². The Morgan fingerprint density at radius 1 is 1.05 bits per heavy atom. The third-order valence-electron chi connectivity index (χ3n) is 4.16. The van der Waals surface area contributed by atoms with Gasteiger partial charge in [0, 0.05) is 6.04 Å². The molecule has 118 valence electrons. The Morgan fingerprint density at radius 2 is 1.67 bits per heavy atom. The van der Waals surface area contributed by atoms with Crippen molar-refractivity contribution in [3.05, 3.63) is 35.9 Å².